The van der Waals surface area contributed by atoms with Gasteiger partial charge in [-0.15, -0.1) is 0 Å². The maximum atomic E-state index is 13.6. The summed E-state index contributed by atoms with van der Waals surface area (Å²) >= 11 is 0. The van der Waals surface area contributed by atoms with Crippen molar-refractivity contribution in [3.63, 3.8) is 0 Å². The summed E-state index contributed by atoms with van der Waals surface area (Å²) in [5, 5.41) is 18.3. The van der Waals surface area contributed by atoms with Crippen molar-refractivity contribution < 1.29 is 26.3 Å². The van der Waals surface area contributed by atoms with E-state index in [1.165, 1.54) is 0 Å². The fourth-order valence-corrected chi connectivity index (χ4v) is 2.40. The zero-order valence-corrected chi connectivity index (χ0v) is 11.3. The third kappa shape index (κ3) is 2.69. The number of halogens is 6. The van der Waals surface area contributed by atoms with Gasteiger partial charge in [0.15, 0.2) is 0 Å². The van der Waals surface area contributed by atoms with Gasteiger partial charge < -0.3 is 10.8 Å². The standard InChI is InChI=1S/C15H8F6N2/c16-14(17,18)13(15(19,20)21,9-1-5-11(22)6-2-9)10-3-7-12(23)8-4-10/h1-8H. The molecule has 0 saturated heterocycles. The predicted octanol–water partition coefficient (Wildman–Crippen LogP) is 4.52. The monoisotopic (exact) mass is 330 g/mol. The lowest BCUT2D eigenvalue weighted by Gasteiger charge is -2.34. The highest BCUT2D eigenvalue weighted by Crippen LogP contribution is 2.60. The molecule has 0 aromatic rings. The highest BCUT2D eigenvalue weighted by molar-refractivity contribution is 6.08. The molecule has 0 aromatic heterocycles. The highest BCUT2D eigenvalue weighted by atomic mass is 19.4. The van der Waals surface area contributed by atoms with Crippen LogP contribution >= 0.6 is 0 Å². The minimum absolute atomic E-state index is 0.460. The van der Waals surface area contributed by atoms with Crippen LogP contribution in [0.4, 0.5) is 26.3 Å². The molecule has 0 bridgehead atoms. The van der Waals surface area contributed by atoms with Crippen LogP contribution in [0.1, 0.15) is 0 Å². The average molecular weight is 330 g/mol. The van der Waals surface area contributed by atoms with E-state index in [1.807, 2.05) is 0 Å². The lowest BCUT2D eigenvalue weighted by molar-refractivity contribution is -0.308. The molecule has 0 atom stereocenters. The molecule has 0 spiro atoms. The van der Waals surface area contributed by atoms with Gasteiger partial charge in [-0.25, -0.2) is 0 Å². The number of hydrogen-bond acceptors (Lipinski definition) is 0. The third-order valence-electron chi connectivity index (χ3n) is 3.45. The van der Waals surface area contributed by atoms with Crippen LogP contribution in [0.25, 0.3) is 10.8 Å². The maximum absolute atomic E-state index is 13.6. The molecule has 0 radical (unpaired) electrons. The summed E-state index contributed by atoms with van der Waals surface area (Å²) in [6.45, 7) is 0. The van der Waals surface area contributed by atoms with Crippen molar-refractivity contribution >= 4 is 11.4 Å². The van der Waals surface area contributed by atoms with Crippen LogP contribution in [-0.2, 0) is 0 Å². The molecule has 8 heteroatoms. The Bertz CT molecular complexity index is 600. The summed E-state index contributed by atoms with van der Waals surface area (Å²) < 4.78 is 81.6. The third-order valence-corrected chi connectivity index (χ3v) is 3.45. The normalized spacial score (nSPS) is 19.0. The van der Waals surface area contributed by atoms with E-state index in [2.05, 4.69) is 0 Å². The summed E-state index contributed by atoms with van der Waals surface area (Å²) in [5.41, 5.74) is -7.36. The van der Waals surface area contributed by atoms with Crippen LogP contribution in [0.2, 0.25) is 0 Å². The molecule has 0 unspecified atom stereocenters. The van der Waals surface area contributed by atoms with Crippen LogP contribution in [-0.4, -0.2) is 23.8 Å². The maximum Gasteiger partial charge on any atom is 0.434 e. The van der Waals surface area contributed by atoms with Crippen molar-refractivity contribution in [2.75, 3.05) is 0 Å². The lowest BCUT2D eigenvalue weighted by atomic mass is 9.69. The van der Waals surface area contributed by atoms with Crippen LogP contribution < -0.4 is 0 Å². The number of allylic oxidation sites excluding steroid dienone is 8. The minimum atomic E-state index is -5.70. The van der Waals surface area contributed by atoms with Crippen molar-refractivity contribution in [3.8, 4) is 0 Å². The molecular formula is C15H8F6N2. The molecule has 23 heavy (non-hydrogen) atoms. The molecule has 2 aliphatic carbocycles. The van der Waals surface area contributed by atoms with Gasteiger partial charge >= 0.3 is 12.4 Å². The molecule has 120 valence electrons. The van der Waals surface area contributed by atoms with Gasteiger partial charge in [0.05, 0.1) is 35.5 Å². The van der Waals surface area contributed by atoms with Crippen molar-refractivity contribution in [2.45, 2.75) is 12.4 Å². The molecule has 0 fully saturated rings. The molecule has 0 aromatic carbocycles. The molecule has 2 aliphatic rings. The number of rotatable bonds is 2. The van der Waals surface area contributed by atoms with Crippen molar-refractivity contribution in [1.29, 1.82) is 0 Å². The van der Waals surface area contributed by atoms with Gasteiger partial charge in [0.1, 0.15) is 0 Å². The molecule has 0 heterocycles. The number of hydrogen-bond donors (Lipinski definition) is 0. The fourth-order valence-electron chi connectivity index (χ4n) is 2.40. The Balaban J connectivity index is 2.73. The summed E-state index contributed by atoms with van der Waals surface area (Å²) in [6.07, 6.45) is -6.09. The van der Waals surface area contributed by atoms with Gasteiger partial charge in [0.2, 0.25) is 0 Å². The van der Waals surface area contributed by atoms with Gasteiger partial charge in [0.25, 0.3) is 5.41 Å². The first-order valence-corrected chi connectivity index (χ1v) is 6.22. The van der Waals surface area contributed by atoms with E-state index in [1.54, 1.807) is 0 Å². The van der Waals surface area contributed by atoms with E-state index in [9.17, 15) is 26.3 Å². The summed E-state index contributed by atoms with van der Waals surface area (Å²) in [6, 6.07) is 0. The van der Waals surface area contributed by atoms with Gasteiger partial charge in [-0.2, -0.15) is 26.3 Å². The molecule has 0 aliphatic heterocycles. The van der Waals surface area contributed by atoms with Crippen LogP contribution in [0, 0.1) is 18.3 Å². The molecule has 0 saturated carbocycles. The quantitative estimate of drug-likeness (QED) is 0.528. The molecule has 2 rings (SSSR count). The van der Waals surface area contributed by atoms with E-state index in [-0.39, 0.29) is 0 Å². The Kier molecular flexibility index (Phi) is 3.96. The first-order valence-electron chi connectivity index (χ1n) is 6.22. The van der Waals surface area contributed by atoms with E-state index < -0.39 is 40.3 Å². The second-order valence-corrected chi connectivity index (χ2v) is 4.84. The average Bonchev–Trinajstić information content (AvgIpc) is 2.40. The SMILES string of the molecule is [N-]=C1C=CC(C(C2=C[CH+]C(=[N-])C=C2)(C(F)(F)F)C(F)(F)F)=C[CH+]1. The number of alkyl halides is 6. The van der Waals surface area contributed by atoms with Crippen LogP contribution in [0.3, 0.4) is 0 Å². The second kappa shape index (κ2) is 5.36. The van der Waals surface area contributed by atoms with Crippen molar-refractivity contribution in [1.82, 2.24) is 0 Å². The van der Waals surface area contributed by atoms with Crippen molar-refractivity contribution in [2.24, 2.45) is 5.41 Å². The molecule has 2 nitrogen and oxygen atoms in total. The second-order valence-electron chi connectivity index (χ2n) is 4.84. The Labute approximate surface area is 127 Å². The van der Waals surface area contributed by atoms with Crippen molar-refractivity contribution in [3.05, 3.63) is 71.3 Å². The highest BCUT2D eigenvalue weighted by Gasteiger charge is 2.79. The minimum Gasteiger partial charge on any atom is -0.779 e. The van der Waals surface area contributed by atoms with E-state index in [0.29, 0.717) is 24.3 Å². The van der Waals surface area contributed by atoms with Crippen LogP contribution in [0.5, 0.6) is 0 Å². The smallest absolute Gasteiger partial charge is 0.434 e. The molecule has 0 N–H and O–H groups in total. The van der Waals surface area contributed by atoms with Gasteiger partial charge in [-0.05, 0) is 11.4 Å². The summed E-state index contributed by atoms with van der Waals surface area (Å²) in [7, 11) is 0. The Hall–Kier alpha value is -2.38. The number of nitrogens with zero attached hydrogens (tertiary/aromatic N) is 2. The predicted molar refractivity (Wildman–Crippen MR) is 74.3 cm³/mol. The van der Waals surface area contributed by atoms with Gasteiger partial charge in [-0.1, -0.05) is 0 Å². The zero-order chi connectivity index (χ0) is 17.5. The first-order chi connectivity index (χ1) is 10.5. The van der Waals surface area contributed by atoms with E-state index in [4.69, 9.17) is 10.8 Å². The Morgan fingerprint density at radius 1 is 0.652 bits per heavy atom. The van der Waals surface area contributed by atoms with E-state index in [0.717, 1.165) is 25.0 Å². The van der Waals surface area contributed by atoms with Crippen LogP contribution in [0.15, 0.2) is 47.6 Å². The Morgan fingerprint density at radius 3 is 1.22 bits per heavy atom. The molecular weight excluding hydrogens is 322 g/mol. The first kappa shape index (κ1) is 17.0. The van der Waals surface area contributed by atoms with Gasteiger partial charge in [-0.3, -0.25) is 0 Å². The molecule has 0 amide bonds. The largest absolute Gasteiger partial charge is 0.779 e. The lowest BCUT2D eigenvalue weighted by Crippen LogP contribution is -2.52. The Morgan fingerprint density at radius 2 is 1.00 bits per heavy atom. The fraction of sp³-hybridized carbons (Fsp3) is 0.200. The van der Waals surface area contributed by atoms with Gasteiger partial charge in [0, 0.05) is 25.0 Å². The zero-order valence-electron chi connectivity index (χ0n) is 11.3. The summed E-state index contributed by atoms with van der Waals surface area (Å²) in [4.78, 5) is 0. The summed E-state index contributed by atoms with van der Waals surface area (Å²) in [5.74, 6) is 0. The topological polar surface area (TPSA) is 44.6 Å². The van der Waals surface area contributed by atoms with E-state index >= 15 is 0 Å².